The molecule has 0 aromatic carbocycles. The van der Waals surface area contributed by atoms with Crippen molar-refractivity contribution in [1.82, 2.24) is 0 Å². The third-order valence-corrected chi connectivity index (χ3v) is 2.74. The summed E-state index contributed by atoms with van der Waals surface area (Å²) in [7, 11) is 0. The molecule has 0 aromatic rings. The van der Waals surface area contributed by atoms with Gasteiger partial charge in [0.15, 0.2) is 0 Å². The van der Waals surface area contributed by atoms with Gasteiger partial charge in [0.25, 0.3) is 0 Å². The van der Waals surface area contributed by atoms with Crippen molar-refractivity contribution in [1.29, 1.82) is 0 Å². The maximum atomic E-state index is 3.28. The Morgan fingerprint density at radius 1 is 1.12 bits per heavy atom. The van der Waals surface area contributed by atoms with Gasteiger partial charge in [-0.1, -0.05) is 49.5 Å². The Balaban J connectivity index is 2.23. The maximum Gasteiger partial charge on any atom is -0.00629 e. The number of hydrogen-bond donors (Lipinski definition) is 0. The molecular formula is C16H16. The number of rotatable bonds is 2. The predicted molar refractivity (Wildman–Crippen MR) is 70.1 cm³/mol. The van der Waals surface area contributed by atoms with Crippen molar-refractivity contribution in [2.45, 2.75) is 19.8 Å². The summed E-state index contributed by atoms with van der Waals surface area (Å²) in [5.74, 6) is 0. The molecule has 2 rings (SSSR count). The highest BCUT2D eigenvalue weighted by atomic mass is 14.1. The van der Waals surface area contributed by atoms with Crippen molar-refractivity contribution < 1.29 is 0 Å². The second-order valence-electron chi connectivity index (χ2n) is 3.85. The number of hydrogen-bond acceptors (Lipinski definition) is 0. The first kappa shape index (κ1) is 10.7. The average Bonchev–Trinajstić information content (AvgIpc) is 2.71. The topological polar surface area (TPSA) is 0 Å². The average molecular weight is 208 g/mol. The highest BCUT2D eigenvalue weighted by Crippen LogP contribution is 2.20. The SMILES string of the molecule is CCC1=C=CC=C(C2=CC=CC=CC2)C=C1. The van der Waals surface area contributed by atoms with Gasteiger partial charge in [0.05, 0.1) is 0 Å². The van der Waals surface area contributed by atoms with E-state index in [0.717, 1.165) is 12.8 Å². The zero-order valence-electron chi connectivity index (χ0n) is 9.61. The Kier molecular flexibility index (Phi) is 3.58. The van der Waals surface area contributed by atoms with Crippen LogP contribution in [0.25, 0.3) is 0 Å². The van der Waals surface area contributed by atoms with E-state index in [9.17, 15) is 0 Å². The molecule has 16 heavy (non-hydrogen) atoms. The van der Waals surface area contributed by atoms with Crippen molar-refractivity contribution in [3.63, 3.8) is 0 Å². The van der Waals surface area contributed by atoms with E-state index in [-0.39, 0.29) is 0 Å². The van der Waals surface area contributed by atoms with Crippen LogP contribution in [0.2, 0.25) is 0 Å². The fraction of sp³-hybridized carbons (Fsp3) is 0.188. The van der Waals surface area contributed by atoms with Gasteiger partial charge in [-0.15, -0.1) is 5.73 Å². The Labute approximate surface area is 97.4 Å². The van der Waals surface area contributed by atoms with Gasteiger partial charge in [0.2, 0.25) is 0 Å². The molecule has 0 bridgehead atoms. The van der Waals surface area contributed by atoms with Crippen LogP contribution in [0.4, 0.5) is 0 Å². The van der Waals surface area contributed by atoms with Crippen molar-refractivity contribution >= 4 is 0 Å². The van der Waals surface area contributed by atoms with Crippen LogP contribution in [0.5, 0.6) is 0 Å². The second kappa shape index (κ2) is 5.34. The molecule has 0 radical (unpaired) electrons. The Morgan fingerprint density at radius 2 is 2.06 bits per heavy atom. The summed E-state index contributed by atoms with van der Waals surface area (Å²) >= 11 is 0. The van der Waals surface area contributed by atoms with Gasteiger partial charge in [0, 0.05) is 0 Å². The molecule has 0 nitrogen and oxygen atoms in total. The molecule has 0 saturated carbocycles. The molecule has 2 aliphatic carbocycles. The van der Waals surface area contributed by atoms with Crippen molar-refractivity contribution in [3.8, 4) is 0 Å². The van der Waals surface area contributed by atoms with Crippen LogP contribution in [0, 0.1) is 0 Å². The zero-order valence-corrected chi connectivity index (χ0v) is 9.61. The van der Waals surface area contributed by atoms with E-state index in [2.05, 4.69) is 61.3 Å². The molecule has 0 spiro atoms. The first-order valence-electron chi connectivity index (χ1n) is 5.77. The summed E-state index contributed by atoms with van der Waals surface area (Å²) in [5.41, 5.74) is 7.18. The zero-order chi connectivity index (χ0) is 11.2. The van der Waals surface area contributed by atoms with Gasteiger partial charge in [0.1, 0.15) is 0 Å². The standard InChI is InChI=1S/C16H16/c1-2-14-8-7-11-16(13-12-14)15-9-5-3-4-6-10-15/h3-7,9,11-13H,2,10H2,1H3. The Hall–Kier alpha value is -1.78. The fourth-order valence-corrected chi connectivity index (χ4v) is 1.76. The minimum Gasteiger partial charge on any atom is -0.117 e. The lowest BCUT2D eigenvalue weighted by Gasteiger charge is -2.03. The lowest BCUT2D eigenvalue weighted by atomic mass is 10.0. The lowest BCUT2D eigenvalue weighted by Crippen LogP contribution is -1.84. The summed E-state index contributed by atoms with van der Waals surface area (Å²) in [6.07, 6.45) is 21.2. The van der Waals surface area contributed by atoms with E-state index in [0.29, 0.717) is 0 Å². The minimum atomic E-state index is 0.998. The molecule has 80 valence electrons. The van der Waals surface area contributed by atoms with Gasteiger partial charge in [-0.05, 0) is 41.7 Å². The highest BCUT2D eigenvalue weighted by Gasteiger charge is 2.01. The molecule has 0 N–H and O–H groups in total. The normalized spacial score (nSPS) is 18.7. The summed E-state index contributed by atoms with van der Waals surface area (Å²) in [5, 5.41) is 0. The van der Waals surface area contributed by atoms with Crippen LogP contribution in [-0.2, 0) is 0 Å². The van der Waals surface area contributed by atoms with Gasteiger partial charge in [-0.2, -0.15) is 0 Å². The van der Waals surface area contributed by atoms with Crippen LogP contribution in [0.1, 0.15) is 19.8 Å². The van der Waals surface area contributed by atoms with Gasteiger partial charge < -0.3 is 0 Å². The van der Waals surface area contributed by atoms with E-state index in [1.807, 2.05) is 6.08 Å². The molecule has 0 aliphatic heterocycles. The summed E-state index contributed by atoms with van der Waals surface area (Å²) in [6.45, 7) is 2.15. The molecule has 0 fully saturated rings. The molecule has 0 saturated heterocycles. The molecule has 2 aliphatic rings. The highest BCUT2D eigenvalue weighted by molar-refractivity contribution is 5.48. The fourth-order valence-electron chi connectivity index (χ4n) is 1.76. The van der Waals surface area contributed by atoms with E-state index in [4.69, 9.17) is 0 Å². The summed E-state index contributed by atoms with van der Waals surface area (Å²) < 4.78 is 0. The summed E-state index contributed by atoms with van der Waals surface area (Å²) in [4.78, 5) is 0. The molecule has 0 amide bonds. The first-order valence-corrected chi connectivity index (χ1v) is 5.77. The Morgan fingerprint density at radius 3 is 2.94 bits per heavy atom. The Bertz CT molecular complexity index is 470. The van der Waals surface area contributed by atoms with Crippen LogP contribution in [-0.4, -0.2) is 0 Å². The lowest BCUT2D eigenvalue weighted by molar-refractivity contribution is 1.15. The molecule has 0 heterocycles. The first-order chi connectivity index (χ1) is 7.90. The van der Waals surface area contributed by atoms with Crippen LogP contribution >= 0.6 is 0 Å². The quantitative estimate of drug-likeness (QED) is 0.589. The molecular weight excluding hydrogens is 192 g/mol. The van der Waals surface area contributed by atoms with Crippen LogP contribution in [0.3, 0.4) is 0 Å². The van der Waals surface area contributed by atoms with E-state index in [1.54, 1.807) is 0 Å². The molecule has 0 heteroatoms. The van der Waals surface area contributed by atoms with E-state index >= 15 is 0 Å². The largest absolute Gasteiger partial charge is 0.117 e. The predicted octanol–water partition coefficient (Wildman–Crippen LogP) is 4.42. The van der Waals surface area contributed by atoms with Gasteiger partial charge in [-0.25, -0.2) is 0 Å². The monoisotopic (exact) mass is 208 g/mol. The minimum absolute atomic E-state index is 0.998. The van der Waals surface area contributed by atoms with Gasteiger partial charge in [-0.3, -0.25) is 0 Å². The van der Waals surface area contributed by atoms with Crippen molar-refractivity contribution in [2.24, 2.45) is 0 Å². The molecule has 0 aromatic heterocycles. The smallest absolute Gasteiger partial charge is 0.00629 e. The third kappa shape index (κ3) is 2.62. The van der Waals surface area contributed by atoms with Crippen LogP contribution < -0.4 is 0 Å². The maximum absolute atomic E-state index is 3.28. The molecule has 0 atom stereocenters. The third-order valence-electron chi connectivity index (χ3n) is 2.74. The van der Waals surface area contributed by atoms with E-state index in [1.165, 1.54) is 16.7 Å². The van der Waals surface area contributed by atoms with Gasteiger partial charge >= 0.3 is 0 Å². The van der Waals surface area contributed by atoms with Crippen molar-refractivity contribution in [3.05, 3.63) is 77.1 Å². The molecule has 0 unspecified atom stereocenters. The summed E-state index contributed by atoms with van der Waals surface area (Å²) in [6, 6.07) is 0. The number of allylic oxidation sites excluding steroid dienone is 11. The van der Waals surface area contributed by atoms with Crippen LogP contribution in [0.15, 0.2) is 77.1 Å². The van der Waals surface area contributed by atoms with Crippen molar-refractivity contribution in [2.75, 3.05) is 0 Å². The second-order valence-corrected chi connectivity index (χ2v) is 3.85. The van der Waals surface area contributed by atoms with E-state index < -0.39 is 0 Å².